The van der Waals surface area contributed by atoms with Gasteiger partial charge in [-0.2, -0.15) is 0 Å². The van der Waals surface area contributed by atoms with Crippen molar-refractivity contribution in [2.45, 2.75) is 37.3 Å². The van der Waals surface area contributed by atoms with Gasteiger partial charge in [-0.25, -0.2) is 4.79 Å². The molecule has 0 bridgehead atoms. The molecule has 0 aromatic carbocycles. The first-order valence-electron chi connectivity index (χ1n) is 5.92. The van der Waals surface area contributed by atoms with E-state index in [9.17, 15) is 14.4 Å². The number of hydrogen-bond acceptors (Lipinski definition) is 3. The minimum Gasteiger partial charge on any atom is -0.465 e. The summed E-state index contributed by atoms with van der Waals surface area (Å²) in [5.41, 5.74) is 5.10. The van der Waals surface area contributed by atoms with E-state index in [1.54, 1.807) is 11.9 Å². The number of carbonyl (C=O) groups is 3. The molecule has 1 saturated carbocycles. The van der Waals surface area contributed by atoms with Crippen LogP contribution in [0.5, 0.6) is 0 Å². The van der Waals surface area contributed by atoms with Gasteiger partial charge in [-0.05, 0) is 25.7 Å². The zero-order valence-corrected chi connectivity index (χ0v) is 10.2. The minimum atomic E-state index is -1.31. The summed E-state index contributed by atoms with van der Waals surface area (Å²) in [6.07, 6.45) is 1.50. The smallest absolute Gasteiger partial charge is 0.405 e. The molecule has 1 spiro atoms. The van der Waals surface area contributed by atoms with E-state index >= 15 is 0 Å². The van der Waals surface area contributed by atoms with E-state index in [1.807, 2.05) is 0 Å². The Hall–Kier alpha value is -1.79. The van der Waals surface area contributed by atoms with E-state index < -0.39 is 18.0 Å². The molecule has 2 rings (SSSR count). The third-order valence-electron chi connectivity index (χ3n) is 4.01. The molecule has 2 atom stereocenters. The van der Waals surface area contributed by atoms with Gasteiger partial charge in [0.15, 0.2) is 0 Å². The molecule has 18 heavy (non-hydrogen) atoms. The van der Waals surface area contributed by atoms with Gasteiger partial charge in [0, 0.05) is 18.5 Å². The number of nitrogens with two attached hydrogens (primary N) is 1. The first-order valence-corrected chi connectivity index (χ1v) is 5.92. The number of amides is 3. The lowest BCUT2D eigenvalue weighted by molar-refractivity contribution is -0.131. The molecule has 2 aliphatic rings. The number of rotatable bonds is 4. The predicted molar refractivity (Wildman–Crippen MR) is 61.6 cm³/mol. The van der Waals surface area contributed by atoms with Crippen LogP contribution in [-0.2, 0) is 9.59 Å². The molecule has 1 saturated heterocycles. The normalized spacial score (nSPS) is 26.2. The Kier molecular flexibility index (Phi) is 2.92. The van der Waals surface area contributed by atoms with E-state index in [4.69, 9.17) is 10.8 Å². The fourth-order valence-corrected chi connectivity index (χ4v) is 2.74. The fraction of sp³-hybridized carbons (Fsp3) is 0.727. The second-order valence-electron chi connectivity index (χ2n) is 5.16. The van der Waals surface area contributed by atoms with Crippen LogP contribution in [0, 0.1) is 5.92 Å². The molecule has 4 N–H and O–H groups in total. The van der Waals surface area contributed by atoms with Gasteiger partial charge in [-0.1, -0.05) is 0 Å². The quantitative estimate of drug-likeness (QED) is 0.629. The number of nitrogens with one attached hydrogen (secondary N) is 1. The van der Waals surface area contributed by atoms with Crippen molar-refractivity contribution >= 4 is 17.9 Å². The highest BCUT2D eigenvalue weighted by Gasteiger charge is 2.56. The summed E-state index contributed by atoms with van der Waals surface area (Å²) in [5, 5.41) is 10.7. The molecular weight excluding hydrogens is 238 g/mol. The Labute approximate surface area is 104 Å². The number of hydrogen-bond donors (Lipinski definition) is 3. The van der Waals surface area contributed by atoms with Gasteiger partial charge in [0.2, 0.25) is 11.8 Å². The average Bonchev–Trinajstić information content (AvgIpc) is 3.01. The Morgan fingerprint density at radius 1 is 1.61 bits per heavy atom. The molecule has 7 heteroatoms. The molecule has 1 aliphatic heterocycles. The van der Waals surface area contributed by atoms with Crippen molar-refractivity contribution < 1.29 is 19.5 Å². The maximum atomic E-state index is 12.0. The molecule has 0 unspecified atom stereocenters. The molecular formula is C11H17N3O4. The van der Waals surface area contributed by atoms with Gasteiger partial charge in [0.25, 0.3) is 0 Å². The number of carboxylic acid groups (broad SMARTS) is 1. The molecule has 2 fully saturated rings. The lowest BCUT2D eigenvalue weighted by Crippen LogP contribution is -2.45. The highest BCUT2D eigenvalue weighted by atomic mass is 16.4. The first kappa shape index (κ1) is 12.7. The molecule has 0 aromatic heterocycles. The monoisotopic (exact) mass is 255 g/mol. The van der Waals surface area contributed by atoms with Crippen LogP contribution in [0.2, 0.25) is 0 Å². The maximum absolute atomic E-state index is 12.0. The fourth-order valence-electron chi connectivity index (χ4n) is 2.74. The van der Waals surface area contributed by atoms with Crippen molar-refractivity contribution in [2.75, 3.05) is 7.05 Å². The molecule has 1 aliphatic carbocycles. The summed E-state index contributed by atoms with van der Waals surface area (Å²) in [5.74, 6) is -1.09. The zero-order valence-electron chi connectivity index (χ0n) is 10.2. The number of primary amides is 1. The van der Waals surface area contributed by atoms with Gasteiger partial charge in [0.1, 0.15) is 6.04 Å². The molecule has 100 valence electrons. The van der Waals surface area contributed by atoms with Crippen molar-refractivity contribution in [1.82, 2.24) is 10.2 Å². The largest absolute Gasteiger partial charge is 0.465 e. The highest BCUT2D eigenvalue weighted by Crippen LogP contribution is 2.51. The van der Waals surface area contributed by atoms with E-state index in [1.165, 1.54) is 0 Å². The second-order valence-corrected chi connectivity index (χ2v) is 5.16. The van der Waals surface area contributed by atoms with Crippen molar-refractivity contribution in [3.05, 3.63) is 0 Å². The Morgan fingerprint density at radius 3 is 2.61 bits per heavy atom. The van der Waals surface area contributed by atoms with E-state index in [0.717, 1.165) is 12.8 Å². The SMILES string of the molecule is CN1C(=O)[C@H](C[C@H](NC(=O)O)C(N)=O)CC12CC2. The lowest BCUT2D eigenvalue weighted by atomic mass is 9.95. The van der Waals surface area contributed by atoms with E-state index in [2.05, 4.69) is 5.32 Å². The zero-order chi connectivity index (χ0) is 13.5. The summed E-state index contributed by atoms with van der Waals surface area (Å²) in [6, 6.07) is -1.00. The molecule has 1 heterocycles. The molecule has 7 nitrogen and oxygen atoms in total. The van der Waals surface area contributed by atoms with Crippen molar-refractivity contribution in [2.24, 2.45) is 11.7 Å². The minimum absolute atomic E-state index is 0.0223. The van der Waals surface area contributed by atoms with E-state index in [0.29, 0.717) is 6.42 Å². The standard InChI is InChI=1S/C11H17N3O4/c1-14-9(16)6(5-11(14)2-3-11)4-7(8(12)15)13-10(17)18/h6-7,13H,2-5H2,1H3,(H2,12,15)(H,17,18)/t6-,7+/m1/s1. The Bertz CT molecular complexity index is 405. The molecule has 3 amide bonds. The third kappa shape index (κ3) is 2.12. The number of likely N-dealkylation sites (tertiary alicyclic amines) is 1. The van der Waals surface area contributed by atoms with Crippen LogP contribution < -0.4 is 11.1 Å². The second kappa shape index (κ2) is 4.15. The van der Waals surface area contributed by atoms with Crippen LogP contribution in [0.4, 0.5) is 4.79 Å². The van der Waals surface area contributed by atoms with Gasteiger partial charge in [-0.15, -0.1) is 0 Å². The average molecular weight is 255 g/mol. The maximum Gasteiger partial charge on any atom is 0.405 e. The van der Waals surface area contributed by atoms with Crippen LogP contribution in [-0.4, -0.2) is 46.5 Å². The lowest BCUT2D eigenvalue weighted by Gasteiger charge is -2.18. The van der Waals surface area contributed by atoms with Gasteiger partial charge in [-0.3, -0.25) is 9.59 Å². The summed E-state index contributed by atoms with van der Waals surface area (Å²) in [7, 11) is 1.76. The summed E-state index contributed by atoms with van der Waals surface area (Å²) in [4.78, 5) is 35.5. The molecule has 0 aromatic rings. The highest BCUT2D eigenvalue weighted by molar-refractivity contribution is 5.87. The third-order valence-corrected chi connectivity index (χ3v) is 4.01. The van der Waals surface area contributed by atoms with Crippen molar-refractivity contribution in [1.29, 1.82) is 0 Å². The van der Waals surface area contributed by atoms with Crippen LogP contribution in [0.25, 0.3) is 0 Å². The number of carbonyl (C=O) groups excluding carboxylic acids is 2. The molecule has 0 radical (unpaired) electrons. The predicted octanol–water partition coefficient (Wildman–Crippen LogP) is -0.491. The number of nitrogens with zero attached hydrogens (tertiary/aromatic N) is 1. The van der Waals surface area contributed by atoms with Crippen molar-refractivity contribution in [3.63, 3.8) is 0 Å². The van der Waals surface area contributed by atoms with Crippen LogP contribution in [0.3, 0.4) is 0 Å². The Morgan fingerprint density at radius 2 is 2.22 bits per heavy atom. The van der Waals surface area contributed by atoms with E-state index in [-0.39, 0.29) is 23.8 Å². The summed E-state index contributed by atoms with van der Waals surface area (Å²) >= 11 is 0. The van der Waals surface area contributed by atoms with Gasteiger partial charge >= 0.3 is 6.09 Å². The van der Waals surface area contributed by atoms with Crippen LogP contribution in [0.15, 0.2) is 0 Å². The van der Waals surface area contributed by atoms with Gasteiger partial charge < -0.3 is 21.1 Å². The first-order chi connectivity index (χ1) is 8.35. The Balaban J connectivity index is 2.02. The summed E-state index contributed by atoms with van der Waals surface area (Å²) < 4.78 is 0. The van der Waals surface area contributed by atoms with Crippen molar-refractivity contribution in [3.8, 4) is 0 Å². The van der Waals surface area contributed by atoms with Crippen LogP contribution in [0.1, 0.15) is 25.7 Å². The summed E-state index contributed by atoms with van der Waals surface area (Å²) in [6.45, 7) is 0. The topological polar surface area (TPSA) is 113 Å². The van der Waals surface area contributed by atoms with Crippen LogP contribution >= 0.6 is 0 Å². The van der Waals surface area contributed by atoms with Gasteiger partial charge in [0.05, 0.1) is 0 Å².